The summed E-state index contributed by atoms with van der Waals surface area (Å²) in [6.07, 6.45) is 5.26. The number of nitrogens with two attached hydrogens (primary N) is 1. The van der Waals surface area contributed by atoms with Crippen LogP contribution in [0, 0.1) is 6.92 Å². The van der Waals surface area contributed by atoms with Gasteiger partial charge in [0.15, 0.2) is 0 Å². The monoisotopic (exact) mass is 231 g/mol. The Bertz CT molecular complexity index is 503. The predicted octanol–water partition coefficient (Wildman–Crippen LogP) is 1.03. The molecule has 0 atom stereocenters. The lowest BCUT2D eigenvalue weighted by molar-refractivity contribution is 0.802. The first-order valence-electron chi connectivity index (χ1n) is 5.81. The van der Waals surface area contributed by atoms with Crippen LogP contribution < -0.4 is 5.73 Å². The van der Waals surface area contributed by atoms with Crippen LogP contribution in [0.4, 0.5) is 0 Å². The Morgan fingerprint density at radius 2 is 2.18 bits per heavy atom. The molecule has 0 radical (unpaired) electrons. The van der Waals surface area contributed by atoms with Gasteiger partial charge in [-0.3, -0.25) is 4.57 Å². The van der Waals surface area contributed by atoms with Crippen LogP contribution in [-0.4, -0.2) is 26.1 Å². The summed E-state index contributed by atoms with van der Waals surface area (Å²) in [5, 5.41) is 0. The second kappa shape index (κ2) is 5.05. The summed E-state index contributed by atoms with van der Waals surface area (Å²) in [4.78, 5) is 13.2. The van der Waals surface area contributed by atoms with Crippen LogP contribution in [0.3, 0.4) is 0 Å². The number of aryl methyl sites for hydroxylation is 2. The number of imidazole rings is 1. The first-order valence-corrected chi connectivity index (χ1v) is 5.81. The smallest absolute Gasteiger partial charge is 0.142 e. The number of hydrogen-bond donors (Lipinski definition) is 1. The van der Waals surface area contributed by atoms with E-state index < -0.39 is 0 Å². The second-order valence-corrected chi connectivity index (χ2v) is 3.89. The topological polar surface area (TPSA) is 69.6 Å². The molecule has 5 nitrogen and oxygen atoms in total. The Morgan fingerprint density at radius 3 is 2.88 bits per heavy atom. The maximum Gasteiger partial charge on any atom is 0.142 e. The quantitative estimate of drug-likeness (QED) is 0.853. The zero-order valence-corrected chi connectivity index (χ0v) is 10.2. The van der Waals surface area contributed by atoms with E-state index in [0.717, 1.165) is 36.0 Å². The molecular formula is C12H17N5. The third kappa shape index (κ3) is 2.50. The average Bonchev–Trinajstić information content (AvgIpc) is 2.77. The summed E-state index contributed by atoms with van der Waals surface area (Å²) >= 11 is 0. The molecule has 5 heteroatoms. The van der Waals surface area contributed by atoms with Gasteiger partial charge < -0.3 is 5.73 Å². The van der Waals surface area contributed by atoms with E-state index in [2.05, 4.69) is 15.0 Å². The van der Waals surface area contributed by atoms with Gasteiger partial charge in [-0.2, -0.15) is 0 Å². The Morgan fingerprint density at radius 1 is 1.35 bits per heavy atom. The van der Waals surface area contributed by atoms with E-state index in [0.29, 0.717) is 6.54 Å². The molecule has 0 aliphatic rings. The molecule has 90 valence electrons. The van der Waals surface area contributed by atoms with Gasteiger partial charge in [0.25, 0.3) is 0 Å². The lowest BCUT2D eigenvalue weighted by Crippen LogP contribution is -2.11. The van der Waals surface area contributed by atoms with Crippen molar-refractivity contribution in [2.45, 2.75) is 26.7 Å². The van der Waals surface area contributed by atoms with Crippen LogP contribution >= 0.6 is 0 Å². The standard InChI is InChI=1S/C12H17N5/c1-3-10-15-9(2)8-12(16-10)17-7-6-14-11(17)4-5-13/h6-8H,3-5,13H2,1-2H3. The normalized spacial score (nSPS) is 10.8. The Hall–Kier alpha value is -1.75. The van der Waals surface area contributed by atoms with Crippen LogP contribution in [0.15, 0.2) is 18.5 Å². The van der Waals surface area contributed by atoms with Crippen molar-refractivity contribution in [2.24, 2.45) is 5.73 Å². The summed E-state index contributed by atoms with van der Waals surface area (Å²) in [6, 6.07) is 1.96. The predicted molar refractivity (Wildman–Crippen MR) is 66.0 cm³/mol. The minimum atomic E-state index is 0.585. The van der Waals surface area contributed by atoms with Gasteiger partial charge in [-0.05, 0) is 13.5 Å². The zero-order valence-electron chi connectivity index (χ0n) is 10.2. The van der Waals surface area contributed by atoms with E-state index in [1.165, 1.54) is 0 Å². The Kier molecular flexibility index (Phi) is 3.49. The summed E-state index contributed by atoms with van der Waals surface area (Å²) in [5.41, 5.74) is 6.54. The molecular weight excluding hydrogens is 214 g/mol. The SMILES string of the molecule is CCc1nc(C)cc(-n2ccnc2CCN)n1. The highest BCUT2D eigenvalue weighted by Gasteiger charge is 2.07. The molecule has 0 aliphatic heterocycles. The highest BCUT2D eigenvalue weighted by molar-refractivity contribution is 5.27. The lowest BCUT2D eigenvalue weighted by atomic mass is 10.3. The van der Waals surface area contributed by atoms with Gasteiger partial charge >= 0.3 is 0 Å². The molecule has 17 heavy (non-hydrogen) atoms. The number of nitrogens with zero attached hydrogens (tertiary/aromatic N) is 4. The maximum atomic E-state index is 5.57. The van der Waals surface area contributed by atoms with Gasteiger partial charge in [-0.15, -0.1) is 0 Å². The van der Waals surface area contributed by atoms with Crippen molar-refractivity contribution in [3.63, 3.8) is 0 Å². The van der Waals surface area contributed by atoms with Gasteiger partial charge in [0.05, 0.1) is 0 Å². The van der Waals surface area contributed by atoms with Crippen LogP contribution in [-0.2, 0) is 12.8 Å². The average molecular weight is 231 g/mol. The van der Waals surface area contributed by atoms with E-state index in [-0.39, 0.29) is 0 Å². The van der Waals surface area contributed by atoms with Crippen LogP contribution in [0.2, 0.25) is 0 Å². The zero-order chi connectivity index (χ0) is 12.3. The van der Waals surface area contributed by atoms with E-state index in [9.17, 15) is 0 Å². The van der Waals surface area contributed by atoms with Gasteiger partial charge in [-0.25, -0.2) is 15.0 Å². The molecule has 0 spiro atoms. The molecule has 2 rings (SSSR count). The summed E-state index contributed by atoms with van der Waals surface area (Å²) in [5.74, 6) is 2.66. The van der Waals surface area contributed by atoms with Crippen molar-refractivity contribution in [3.8, 4) is 5.82 Å². The molecule has 0 saturated carbocycles. The van der Waals surface area contributed by atoms with Gasteiger partial charge in [0.2, 0.25) is 0 Å². The van der Waals surface area contributed by atoms with Crippen LogP contribution in [0.1, 0.15) is 24.3 Å². The number of aromatic nitrogens is 4. The molecule has 2 aromatic rings. The van der Waals surface area contributed by atoms with Crippen LogP contribution in [0.5, 0.6) is 0 Å². The maximum absolute atomic E-state index is 5.57. The molecule has 0 aliphatic carbocycles. The van der Waals surface area contributed by atoms with E-state index >= 15 is 0 Å². The third-order valence-electron chi connectivity index (χ3n) is 2.54. The fourth-order valence-corrected chi connectivity index (χ4v) is 1.75. The van der Waals surface area contributed by atoms with Crippen molar-refractivity contribution >= 4 is 0 Å². The Balaban J connectivity index is 2.44. The minimum absolute atomic E-state index is 0.585. The van der Waals surface area contributed by atoms with Gasteiger partial charge in [-0.1, -0.05) is 6.92 Å². The van der Waals surface area contributed by atoms with E-state index in [1.54, 1.807) is 6.20 Å². The molecule has 0 fully saturated rings. The molecule has 2 N–H and O–H groups in total. The van der Waals surface area contributed by atoms with Crippen molar-refractivity contribution in [2.75, 3.05) is 6.54 Å². The molecule has 0 aromatic carbocycles. The minimum Gasteiger partial charge on any atom is -0.330 e. The summed E-state index contributed by atoms with van der Waals surface area (Å²) in [6.45, 7) is 4.61. The van der Waals surface area contributed by atoms with E-state index in [1.807, 2.05) is 30.7 Å². The second-order valence-electron chi connectivity index (χ2n) is 3.89. The summed E-state index contributed by atoms with van der Waals surface area (Å²) in [7, 11) is 0. The highest BCUT2D eigenvalue weighted by Crippen LogP contribution is 2.10. The highest BCUT2D eigenvalue weighted by atomic mass is 15.1. The molecule has 0 bridgehead atoms. The van der Waals surface area contributed by atoms with Crippen molar-refractivity contribution in [3.05, 3.63) is 35.8 Å². The van der Waals surface area contributed by atoms with Crippen molar-refractivity contribution < 1.29 is 0 Å². The van der Waals surface area contributed by atoms with Crippen LogP contribution in [0.25, 0.3) is 5.82 Å². The fourth-order valence-electron chi connectivity index (χ4n) is 1.75. The van der Waals surface area contributed by atoms with E-state index in [4.69, 9.17) is 5.73 Å². The first-order chi connectivity index (χ1) is 8.24. The van der Waals surface area contributed by atoms with Crippen molar-refractivity contribution in [1.82, 2.24) is 19.5 Å². The fraction of sp³-hybridized carbons (Fsp3) is 0.417. The van der Waals surface area contributed by atoms with Gasteiger partial charge in [0, 0.05) is 37.0 Å². The first kappa shape index (κ1) is 11.7. The molecule has 0 unspecified atom stereocenters. The number of hydrogen-bond acceptors (Lipinski definition) is 4. The number of rotatable bonds is 4. The molecule has 0 saturated heterocycles. The lowest BCUT2D eigenvalue weighted by Gasteiger charge is -2.08. The molecule has 2 aromatic heterocycles. The Labute approximate surface area is 101 Å². The van der Waals surface area contributed by atoms with Gasteiger partial charge in [0.1, 0.15) is 17.5 Å². The molecule has 0 amide bonds. The third-order valence-corrected chi connectivity index (χ3v) is 2.54. The largest absolute Gasteiger partial charge is 0.330 e. The van der Waals surface area contributed by atoms with Crippen molar-refractivity contribution in [1.29, 1.82) is 0 Å². The summed E-state index contributed by atoms with van der Waals surface area (Å²) < 4.78 is 1.97. The molecule has 2 heterocycles.